The standard InChI is InChI=1S/C25H30N2O9/c1-14(28)27-20-18(29)12-25(35-2,24(33)34)36-22(20)21(31)19(30)13-26-23(32)17-10-8-16(9-11-17)15-6-4-3-5-7-15/h3-11,18-22,29-31H,12-13H2,1-2H3,(H,26,32)(H,27,28)(H,33,34)/t18-,19-,20-,21-,22?,25-/m1/s1. The Bertz CT molecular complexity index is 1060. The van der Waals surface area contributed by atoms with Gasteiger partial charge in [0.2, 0.25) is 5.91 Å². The second-order valence-corrected chi connectivity index (χ2v) is 8.55. The van der Waals surface area contributed by atoms with Crippen LogP contribution in [0.1, 0.15) is 23.7 Å². The number of aliphatic hydroxyl groups is 3. The molecule has 6 atom stereocenters. The number of benzene rings is 2. The Morgan fingerprint density at radius 3 is 2.25 bits per heavy atom. The average molecular weight is 503 g/mol. The molecule has 0 radical (unpaired) electrons. The Hall–Kier alpha value is -3.35. The molecule has 11 nitrogen and oxygen atoms in total. The molecule has 2 aromatic carbocycles. The predicted molar refractivity (Wildman–Crippen MR) is 127 cm³/mol. The number of nitrogens with one attached hydrogen (secondary N) is 2. The second kappa shape index (κ2) is 11.6. The molecule has 36 heavy (non-hydrogen) atoms. The van der Waals surface area contributed by atoms with Crippen LogP contribution in [0.3, 0.4) is 0 Å². The van der Waals surface area contributed by atoms with Gasteiger partial charge in [-0.1, -0.05) is 42.5 Å². The summed E-state index contributed by atoms with van der Waals surface area (Å²) in [6, 6.07) is 15.1. The second-order valence-electron chi connectivity index (χ2n) is 8.55. The summed E-state index contributed by atoms with van der Waals surface area (Å²) in [4.78, 5) is 35.9. The van der Waals surface area contributed by atoms with Crippen LogP contribution in [-0.4, -0.2) is 88.1 Å². The number of carboxylic acids is 1. The van der Waals surface area contributed by atoms with E-state index in [0.29, 0.717) is 5.56 Å². The summed E-state index contributed by atoms with van der Waals surface area (Å²) in [5.41, 5.74) is 2.22. The SMILES string of the molecule is CO[C@]1(C(=O)O)C[C@@H](O)[C@@H](NC(C)=O)C([C@H](O)[C@H](O)CNC(=O)c2ccc(-c3ccccc3)cc2)O1. The highest BCUT2D eigenvalue weighted by atomic mass is 16.7. The molecule has 0 aliphatic carbocycles. The Morgan fingerprint density at radius 2 is 1.69 bits per heavy atom. The predicted octanol–water partition coefficient (Wildman–Crippen LogP) is -0.113. The Kier molecular flexibility index (Phi) is 8.77. The largest absolute Gasteiger partial charge is 0.477 e. The molecule has 1 heterocycles. The molecule has 1 aliphatic heterocycles. The molecule has 11 heteroatoms. The van der Waals surface area contributed by atoms with E-state index >= 15 is 0 Å². The smallest absolute Gasteiger partial charge is 0.364 e. The zero-order chi connectivity index (χ0) is 26.5. The van der Waals surface area contributed by atoms with Crippen LogP contribution >= 0.6 is 0 Å². The lowest BCUT2D eigenvalue weighted by Gasteiger charge is -2.46. The number of carbonyl (C=O) groups excluding carboxylic acids is 2. The number of carboxylic acid groups (broad SMARTS) is 1. The fraction of sp³-hybridized carbons (Fsp3) is 0.400. The van der Waals surface area contributed by atoms with Crippen LogP contribution in [0, 0.1) is 0 Å². The van der Waals surface area contributed by atoms with Crippen molar-refractivity contribution in [2.45, 2.75) is 49.6 Å². The molecule has 2 aromatic rings. The van der Waals surface area contributed by atoms with Gasteiger partial charge in [0.05, 0.1) is 18.2 Å². The first-order valence-corrected chi connectivity index (χ1v) is 11.3. The van der Waals surface area contributed by atoms with Crippen LogP contribution in [0.25, 0.3) is 11.1 Å². The molecule has 194 valence electrons. The lowest BCUT2D eigenvalue weighted by Crippen LogP contribution is -2.68. The van der Waals surface area contributed by atoms with Gasteiger partial charge in [-0.25, -0.2) is 4.79 Å². The number of hydrogen-bond acceptors (Lipinski definition) is 8. The van der Waals surface area contributed by atoms with Crippen molar-refractivity contribution in [2.24, 2.45) is 0 Å². The average Bonchev–Trinajstić information content (AvgIpc) is 2.88. The molecular weight excluding hydrogens is 472 g/mol. The summed E-state index contributed by atoms with van der Waals surface area (Å²) in [5, 5.41) is 46.3. The molecule has 6 N–H and O–H groups in total. The highest BCUT2D eigenvalue weighted by Crippen LogP contribution is 2.33. The zero-order valence-corrected chi connectivity index (χ0v) is 19.8. The van der Waals surface area contributed by atoms with E-state index in [1.54, 1.807) is 24.3 Å². The van der Waals surface area contributed by atoms with Crippen molar-refractivity contribution in [1.82, 2.24) is 10.6 Å². The lowest BCUT2D eigenvalue weighted by atomic mass is 9.88. The van der Waals surface area contributed by atoms with E-state index < -0.39 is 67.0 Å². The number of carbonyl (C=O) groups is 3. The topological polar surface area (TPSA) is 175 Å². The minimum Gasteiger partial charge on any atom is -0.477 e. The summed E-state index contributed by atoms with van der Waals surface area (Å²) < 4.78 is 10.4. The summed E-state index contributed by atoms with van der Waals surface area (Å²) in [6.07, 6.45) is -6.99. The van der Waals surface area contributed by atoms with Gasteiger partial charge < -0.3 is 40.5 Å². The number of hydrogen-bond donors (Lipinski definition) is 6. The Morgan fingerprint density at radius 1 is 1.08 bits per heavy atom. The maximum atomic E-state index is 12.6. The number of aliphatic hydroxyl groups excluding tert-OH is 3. The first-order valence-electron chi connectivity index (χ1n) is 11.3. The van der Waals surface area contributed by atoms with E-state index in [2.05, 4.69) is 10.6 Å². The van der Waals surface area contributed by atoms with Gasteiger partial charge in [0.25, 0.3) is 11.7 Å². The van der Waals surface area contributed by atoms with Gasteiger partial charge in [-0.3, -0.25) is 9.59 Å². The fourth-order valence-electron chi connectivity index (χ4n) is 4.10. The van der Waals surface area contributed by atoms with E-state index in [1.165, 1.54) is 6.92 Å². The summed E-state index contributed by atoms with van der Waals surface area (Å²) in [6.45, 7) is 0.751. The van der Waals surface area contributed by atoms with E-state index in [9.17, 15) is 34.8 Å². The van der Waals surface area contributed by atoms with Gasteiger partial charge in [0, 0.05) is 32.6 Å². The van der Waals surface area contributed by atoms with Crippen molar-refractivity contribution in [2.75, 3.05) is 13.7 Å². The fourth-order valence-corrected chi connectivity index (χ4v) is 4.10. The van der Waals surface area contributed by atoms with E-state index in [4.69, 9.17) is 9.47 Å². The molecule has 0 spiro atoms. The Labute approximate surface area is 207 Å². The van der Waals surface area contributed by atoms with Crippen LogP contribution in [0.4, 0.5) is 0 Å². The highest BCUT2D eigenvalue weighted by molar-refractivity contribution is 5.94. The molecule has 0 saturated carbocycles. The monoisotopic (exact) mass is 502 g/mol. The maximum Gasteiger partial charge on any atom is 0.364 e. The van der Waals surface area contributed by atoms with Gasteiger partial charge >= 0.3 is 5.97 Å². The van der Waals surface area contributed by atoms with Crippen molar-refractivity contribution < 1.29 is 44.3 Å². The third-order valence-electron chi connectivity index (χ3n) is 6.06. The van der Waals surface area contributed by atoms with Crippen molar-refractivity contribution in [3.8, 4) is 11.1 Å². The number of rotatable bonds is 9. The van der Waals surface area contributed by atoms with Gasteiger partial charge in [-0.2, -0.15) is 0 Å². The molecule has 3 rings (SSSR count). The third-order valence-corrected chi connectivity index (χ3v) is 6.06. The molecule has 1 fully saturated rings. The molecule has 1 unspecified atom stereocenters. The van der Waals surface area contributed by atoms with E-state index in [1.807, 2.05) is 30.3 Å². The quantitative estimate of drug-likeness (QED) is 0.273. The van der Waals surface area contributed by atoms with Crippen LogP contribution in [-0.2, 0) is 19.1 Å². The van der Waals surface area contributed by atoms with Crippen LogP contribution in [0.15, 0.2) is 54.6 Å². The third kappa shape index (κ3) is 6.07. The highest BCUT2D eigenvalue weighted by Gasteiger charge is 2.55. The van der Waals surface area contributed by atoms with Crippen LogP contribution in [0.2, 0.25) is 0 Å². The molecule has 1 saturated heterocycles. The molecule has 1 aliphatic rings. The van der Waals surface area contributed by atoms with Gasteiger partial charge in [-0.05, 0) is 23.3 Å². The van der Waals surface area contributed by atoms with E-state index in [-0.39, 0.29) is 0 Å². The van der Waals surface area contributed by atoms with Crippen molar-refractivity contribution in [1.29, 1.82) is 0 Å². The summed E-state index contributed by atoms with van der Waals surface area (Å²) >= 11 is 0. The van der Waals surface area contributed by atoms with Crippen LogP contribution < -0.4 is 10.6 Å². The van der Waals surface area contributed by atoms with Gasteiger partial charge in [-0.15, -0.1) is 0 Å². The molecule has 0 bridgehead atoms. The zero-order valence-electron chi connectivity index (χ0n) is 19.8. The minimum absolute atomic E-state index is 0.320. The minimum atomic E-state index is -2.30. The molecular formula is C25H30N2O9. The first-order chi connectivity index (χ1) is 17.1. The first kappa shape index (κ1) is 27.2. The molecule has 2 amide bonds. The number of methoxy groups -OCH3 is 1. The van der Waals surface area contributed by atoms with Crippen molar-refractivity contribution in [3.05, 3.63) is 60.2 Å². The number of amides is 2. The maximum absolute atomic E-state index is 12.6. The van der Waals surface area contributed by atoms with Gasteiger partial charge in [0.1, 0.15) is 12.2 Å². The van der Waals surface area contributed by atoms with E-state index in [0.717, 1.165) is 18.2 Å². The summed E-state index contributed by atoms with van der Waals surface area (Å²) in [5.74, 6) is -4.93. The van der Waals surface area contributed by atoms with Crippen molar-refractivity contribution >= 4 is 17.8 Å². The summed E-state index contributed by atoms with van der Waals surface area (Å²) in [7, 11) is 1.06. The molecule has 0 aromatic heterocycles. The van der Waals surface area contributed by atoms with Crippen molar-refractivity contribution in [3.63, 3.8) is 0 Å². The normalized spacial score (nSPS) is 25.4. The van der Waals surface area contributed by atoms with Crippen LogP contribution in [0.5, 0.6) is 0 Å². The number of ether oxygens (including phenoxy) is 2. The Balaban J connectivity index is 1.68. The number of aliphatic carboxylic acids is 1. The van der Waals surface area contributed by atoms with Gasteiger partial charge in [0.15, 0.2) is 0 Å². The lowest BCUT2D eigenvalue weighted by molar-refractivity contribution is -0.303.